The Hall–Kier alpha value is -3.54. The van der Waals surface area contributed by atoms with Crippen molar-refractivity contribution in [2.75, 3.05) is 11.4 Å². The highest BCUT2D eigenvalue weighted by molar-refractivity contribution is 5.91. The molecule has 0 atom stereocenters. The molecular weight excluding hydrogens is 397 g/mol. The third kappa shape index (κ3) is 4.08. The number of pyridine rings is 2. The second kappa shape index (κ2) is 7.37. The van der Waals surface area contributed by atoms with Gasteiger partial charge in [-0.05, 0) is 43.0 Å². The molecule has 0 aliphatic heterocycles. The summed E-state index contributed by atoms with van der Waals surface area (Å²) in [5, 5.41) is 9.25. The lowest BCUT2D eigenvalue weighted by Crippen LogP contribution is -2.25. The van der Waals surface area contributed by atoms with Gasteiger partial charge in [-0.3, -0.25) is 4.79 Å². The molecule has 30 heavy (non-hydrogen) atoms. The van der Waals surface area contributed by atoms with Gasteiger partial charge < -0.3 is 14.2 Å². The molecule has 1 aliphatic rings. The van der Waals surface area contributed by atoms with Crippen molar-refractivity contribution in [3.8, 4) is 11.8 Å². The Morgan fingerprint density at radius 1 is 1.27 bits per heavy atom. The van der Waals surface area contributed by atoms with E-state index in [0.717, 1.165) is 12.8 Å². The van der Waals surface area contributed by atoms with Gasteiger partial charge in [0.15, 0.2) is 0 Å². The number of ether oxygens (including phenoxy) is 1. The van der Waals surface area contributed by atoms with Crippen LogP contribution in [0, 0.1) is 17.2 Å². The van der Waals surface area contributed by atoms with Gasteiger partial charge in [-0.25, -0.2) is 4.98 Å². The largest absolute Gasteiger partial charge is 0.573 e. The third-order valence-electron chi connectivity index (χ3n) is 4.97. The van der Waals surface area contributed by atoms with E-state index in [1.807, 2.05) is 6.07 Å². The van der Waals surface area contributed by atoms with Gasteiger partial charge in [0, 0.05) is 31.4 Å². The Morgan fingerprint density at radius 3 is 2.70 bits per heavy atom. The summed E-state index contributed by atoms with van der Waals surface area (Å²) in [5.41, 5.74) is 1.75. The Kier molecular flexibility index (Phi) is 4.86. The van der Waals surface area contributed by atoms with Gasteiger partial charge in [0.1, 0.15) is 23.0 Å². The summed E-state index contributed by atoms with van der Waals surface area (Å²) in [4.78, 5) is 18.7. The molecule has 0 bridgehead atoms. The predicted octanol–water partition coefficient (Wildman–Crippen LogP) is 4.25. The Bertz CT molecular complexity index is 1210. The van der Waals surface area contributed by atoms with E-state index in [-0.39, 0.29) is 17.0 Å². The monoisotopic (exact) mass is 414 g/mol. The quantitative estimate of drug-likeness (QED) is 0.624. The van der Waals surface area contributed by atoms with Gasteiger partial charge in [0.25, 0.3) is 5.56 Å². The number of nitrogens with zero attached hydrogens (tertiary/aromatic N) is 4. The Balaban J connectivity index is 1.89. The van der Waals surface area contributed by atoms with E-state index in [9.17, 15) is 23.2 Å². The lowest BCUT2D eigenvalue weighted by molar-refractivity contribution is -0.274. The summed E-state index contributed by atoms with van der Waals surface area (Å²) in [6.07, 6.45) is -2.82. The van der Waals surface area contributed by atoms with Gasteiger partial charge in [-0.1, -0.05) is 6.07 Å². The summed E-state index contributed by atoms with van der Waals surface area (Å²) in [7, 11) is 1.60. The molecule has 1 fully saturated rings. The number of fused-ring (bicyclic) bond motifs is 1. The number of aryl methyl sites for hydroxylation is 1. The second-order valence-electron chi connectivity index (χ2n) is 7.20. The van der Waals surface area contributed by atoms with Crippen molar-refractivity contribution in [1.82, 2.24) is 9.55 Å². The molecule has 0 N–H and O–H groups in total. The zero-order valence-electron chi connectivity index (χ0n) is 16.0. The van der Waals surface area contributed by atoms with E-state index in [0.29, 0.717) is 34.9 Å². The number of hydrogen-bond acceptors (Lipinski definition) is 5. The summed E-state index contributed by atoms with van der Waals surface area (Å²) >= 11 is 0. The number of rotatable bonds is 5. The second-order valence-corrected chi connectivity index (χ2v) is 7.20. The standard InChI is InChI=1S/C21H17F3N4O2/c1-27-17-8-7-14(11-25)26-20(17)18(10-19(27)29)28(12-13-5-6-13)15-3-2-4-16(9-15)30-21(22,23)24/h2-4,7-10,13H,5-6,12H2,1H3. The summed E-state index contributed by atoms with van der Waals surface area (Å²) in [5.74, 6) is 0.00931. The minimum Gasteiger partial charge on any atom is -0.406 e. The molecule has 2 aromatic heterocycles. The lowest BCUT2D eigenvalue weighted by atomic mass is 10.2. The van der Waals surface area contributed by atoms with Crippen LogP contribution in [0.15, 0.2) is 47.3 Å². The van der Waals surface area contributed by atoms with E-state index in [1.165, 1.54) is 34.9 Å². The van der Waals surface area contributed by atoms with E-state index < -0.39 is 6.36 Å². The van der Waals surface area contributed by atoms with Crippen LogP contribution in [0.3, 0.4) is 0 Å². The Morgan fingerprint density at radius 2 is 2.03 bits per heavy atom. The minimum absolute atomic E-state index is 0.183. The van der Waals surface area contributed by atoms with E-state index >= 15 is 0 Å². The highest BCUT2D eigenvalue weighted by Crippen LogP contribution is 2.38. The predicted molar refractivity (Wildman–Crippen MR) is 105 cm³/mol. The fourth-order valence-corrected chi connectivity index (χ4v) is 3.33. The molecule has 2 heterocycles. The van der Waals surface area contributed by atoms with Gasteiger partial charge in [0.05, 0.1) is 11.2 Å². The highest BCUT2D eigenvalue weighted by atomic mass is 19.4. The first-order valence-electron chi connectivity index (χ1n) is 9.29. The lowest BCUT2D eigenvalue weighted by Gasteiger charge is -2.27. The molecule has 1 aromatic carbocycles. The average Bonchev–Trinajstić information content (AvgIpc) is 3.52. The van der Waals surface area contributed by atoms with E-state index in [1.54, 1.807) is 24.1 Å². The number of aromatic nitrogens is 2. The summed E-state index contributed by atoms with van der Waals surface area (Å²) in [6, 6.07) is 12.2. The van der Waals surface area contributed by atoms with Crippen molar-refractivity contribution in [3.05, 3.63) is 58.5 Å². The number of alkyl halides is 3. The molecule has 0 amide bonds. The van der Waals surface area contributed by atoms with Gasteiger partial charge in [-0.2, -0.15) is 5.26 Å². The van der Waals surface area contributed by atoms with Crippen LogP contribution in [0.1, 0.15) is 18.5 Å². The van der Waals surface area contributed by atoms with Crippen LogP contribution in [0.2, 0.25) is 0 Å². The number of anilines is 2. The SMILES string of the molecule is Cn1c(=O)cc(N(CC2CC2)c2cccc(OC(F)(F)F)c2)c2nc(C#N)ccc21. The van der Waals surface area contributed by atoms with Crippen LogP contribution >= 0.6 is 0 Å². The molecule has 0 saturated heterocycles. The molecule has 0 unspecified atom stereocenters. The molecule has 0 spiro atoms. The maximum Gasteiger partial charge on any atom is 0.573 e. The summed E-state index contributed by atoms with van der Waals surface area (Å²) in [6.45, 7) is 0.510. The van der Waals surface area contributed by atoms with Crippen molar-refractivity contribution in [2.24, 2.45) is 13.0 Å². The van der Waals surface area contributed by atoms with Crippen molar-refractivity contribution in [1.29, 1.82) is 5.26 Å². The van der Waals surface area contributed by atoms with Crippen LogP contribution < -0.4 is 15.2 Å². The molecule has 154 valence electrons. The fourth-order valence-electron chi connectivity index (χ4n) is 3.33. The van der Waals surface area contributed by atoms with Crippen molar-refractivity contribution in [2.45, 2.75) is 19.2 Å². The fraction of sp³-hybridized carbons (Fsp3) is 0.286. The first-order chi connectivity index (χ1) is 14.2. The van der Waals surface area contributed by atoms with Crippen LogP contribution in [0.5, 0.6) is 5.75 Å². The number of nitriles is 1. The van der Waals surface area contributed by atoms with E-state index in [4.69, 9.17) is 0 Å². The average molecular weight is 414 g/mol. The molecule has 1 saturated carbocycles. The van der Waals surface area contributed by atoms with E-state index in [2.05, 4.69) is 9.72 Å². The molecule has 4 rings (SSSR count). The van der Waals surface area contributed by atoms with Crippen LogP contribution in [-0.2, 0) is 7.05 Å². The zero-order chi connectivity index (χ0) is 21.5. The van der Waals surface area contributed by atoms with Crippen molar-refractivity contribution in [3.63, 3.8) is 0 Å². The molecule has 1 aliphatic carbocycles. The molecule has 9 heteroatoms. The van der Waals surface area contributed by atoms with Gasteiger partial charge in [0.2, 0.25) is 0 Å². The van der Waals surface area contributed by atoms with Crippen LogP contribution in [-0.4, -0.2) is 22.5 Å². The van der Waals surface area contributed by atoms with Crippen molar-refractivity contribution >= 4 is 22.4 Å². The first kappa shape index (κ1) is 19.8. The number of hydrogen-bond donors (Lipinski definition) is 0. The molecule has 6 nitrogen and oxygen atoms in total. The van der Waals surface area contributed by atoms with Gasteiger partial charge in [-0.15, -0.1) is 13.2 Å². The number of benzene rings is 1. The molecule has 0 radical (unpaired) electrons. The topological polar surface area (TPSA) is 71.2 Å². The molecular formula is C21H17F3N4O2. The summed E-state index contributed by atoms with van der Waals surface area (Å²) < 4.78 is 43.5. The normalized spacial score (nSPS) is 13.8. The third-order valence-corrected chi connectivity index (χ3v) is 4.97. The van der Waals surface area contributed by atoms with Gasteiger partial charge >= 0.3 is 6.36 Å². The first-order valence-corrected chi connectivity index (χ1v) is 9.29. The van der Waals surface area contributed by atoms with Crippen molar-refractivity contribution < 1.29 is 17.9 Å². The van der Waals surface area contributed by atoms with Crippen LogP contribution in [0.25, 0.3) is 11.0 Å². The maximum absolute atomic E-state index is 12.7. The maximum atomic E-state index is 12.7. The molecule has 3 aromatic rings. The Labute approximate surface area is 169 Å². The minimum atomic E-state index is -4.81. The smallest absolute Gasteiger partial charge is 0.406 e. The van der Waals surface area contributed by atoms with Crippen LogP contribution in [0.4, 0.5) is 24.5 Å². The highest BCUT2D eigenvalue weighted by Gasteiger charge is 2.32. The zero-order valence-corrected chi connectivity index (χ0v) is 16.0. The number of halogens is 3.